The minimum absolute atomic E-state index is 0.0711. The summed E-state index contributed by atoms with van der Waals surface area (Å²) < 4.78 is 37.7. The molecule has 0 bridgehead atoms. The third kappa shape index (κ3) is 4.33. The van der Waals surface area contributed by atoms with Crippen LogP contribution in [0.2, 0.25) is 10.0 Å². The highest BCUT2D eigenvalue weighted by Crippen LogP contribution is 2.47. The van der Waals surface area contributed by atoms with E-state index >= 15 is 0 Å². The predicted octanol–water partition coefficient (Wildman–Crippen LogP) is 5.59. The molecule has 0 radical (unpaired) electrons. The zero-order valence-electron chi connectivity index (χ0n) is 15.4. The summed E-state index contributed by atoms with van der Waals surface area (Å²) in [5.74, 6) is -0.0711. The Labute approximate surface area is 174 Å². The maximum atomic E-state index is 12.6. The van der Waals surface area contributed by atoms with Crippen LogP contribution in [0.5, 0.6) is 0 Å². The number of Topliss-reactive ketones (excluding diaryl/α,β-unsaturated/α-hetero) is 1. The Bertz CT molecular complexity index is 990. The molecule has 1 heterocycles. The van der Waals surface area contributed by atoms with Crippen molar-refractivity contribution in [3.63, 3.8) is 0 Å². The first-order chi connectivity index (χ1) is 13.4. The van der Waals surface area contributed by atoms with Gasteiger partial charge in [0.05, 0.1) is 33.5 Å². The van der Waals surface area contributed by atoms with Crippen molar-refractivity contribution in [2.75, 3.05) is 5.32 Å². The maximum Gasteiger partial charge on any atom is 0.417 e. The topological polar surface area (TPSA) is 71.1 Å². The van der Waals surface area contributed by atoms with Crippen molar-refractivity contribution in [2.24, 2.45) is 0 Å². The van der Waals surface area contributed by atoms with Crippen molar-refractivity contribution >= 4 is 40.7 Å². The molecule has 2 aromatic rings. The van der Waals surface area contributed by atoms with E-state index in [-0.39, 0.29) is 40.2 Å². The highest BCUT2D eigenvalue weighted by atomic mass is 35.5. The van der Waals surface area contributed by atoms with Gasteiger partial charge in [0.1, 0.15) is 0 Å². The fourth-order valence-corrected chi connectivity index (χ4v) is 4.03. The maximum absolute atomic E-state index is 12.6. The molecular formula is C19H16Cl2F3N3O2. The molecule has 0 atom stereocenters. The average molecular weight is 446 g/mol. The van der Waals surface area contributed by atoms with Gasteiger partial charge in [-0.15, -0.1) is 0 Å². The lowest BCUT2D eigenvalue weighted by atomic mass is 9.86. The SMILES string of the molecule is CC1(C)CC(=O)c2cc(Cl)c(NC(=O)NCc3ccc(C(F)(F)F)cn3)c(Cl)c21. The molecule has 154 valence electrons. The summed E-state index contributed by atoms with van der Waals surface area (Å²) in [6, 6.07) is 2.87. The number of amides is 2. The minimum Gasteiger partial charge on any atom is -0.332 e. The van der Waals surface area contributed by atoms with Crippen LogP contribution in [-0.4, -0.2) is 16.8 Å². The Hall–Kier alpha value is -2.32. The van der Waals surface area contributed by atoms with Crippen LogP contribution in [0.3, 0.4) is 0 Å². The molecule has 1 aromatic carbocycles. The lowest BCUT2D eigenvalue weighted by molar-refractivity contribution is -0.137. The van der Waals surface area contributed by atoms with Crippen molar-refractivity contribution < 1.29 is 22.8 Å². The van der Waals surface area contributed by atoms with Crippen LogP contribution < -0.4 is 10.6 Å². The van der Waals surface area contributed by atoms with Gasteiger partial charge in [-0.3, -0.25) is 9.78 Å². The number of pyridine rings is 1. The second-order valence-electron chi connectivity index (χ2n) is 7.30. The van der Waals surface area contributed by atoms with Gasteiger partial charge in [0, 0.05) is 18.2 Å². The molecule has 2 N–H and O–H groups in total. The van der Waals surface area contributed by atoms with Crippen LogP contribution in [0, 0.1) is 0 Å². The van der Waals surface area contributed by atoms with Crippen LogP contribution in [-0.2, 0) is 18.1 Å². The highest BCUT2D eigenvalue weighted by Gasteiger charge is 2.39. The number of nitrogens with zero attached hydrogens (tertiary/aromatic N) is 1. The standard InChI is InChI=1S/C19H16Cl2F3N3O2/c1-18(2)6-13(28)11-5-12(20)16(15(21)14(11)18)27-17(29)26-8-10-4-3-9(7-25-10)19(22,23)24/h3-5,7H,6,8H2,1-2H3,(H2,26,27,29). The first kappa shape index (κ1) is 21.4. The third-order valence-corrected chi connectivity index (χ3v) is 5.29. The monoisotopic (exact) mass is 445 g/mol. The molecule has 0 saturated carbocycles. The summed E-state index contributed by atoms with van der Waals surface area (Å²) >= 11 is 12.6. The number of hydrogen-bond donors (Lipinski definition) is 2. The third-order valence-electron chi connectivity index (χ3n) is 4.62. The van der Waals surface area contributed by atoms with E-state index in [1.165, 1.54) is 12.1 Å². The van der Waals surface area contributed by atoms with Gasteiger partial charge < -0.3 is 10.6 Å². The van der Waals surface area contributed by atoms with Gasteiger partial charge >= 0.3 is 12.2 Å². The van der Waals surface area contributed by atoms with Crippen LogP contribution in [0.15, 0.2) is 24.4 Å². The first-order valence-electron chi connectivity index (χ1n) is 8.53. The molecule has 1 aliphatic rings. The van der Waals surface area contributed by atoms with E-state index in [0.717, 1.165) is 6.07 Å². The number of alkyl halides is 3. The normalized spacial score (nSPS) is 15.2. The number of carbonyl (C=O) groups is 2. The lowest BCUT2D eigenvalue weighted by Crippen LogP contribution is -2.29. The number of nitrogens with one attached hydrogen (secondary N) is 2. The molecule has 1 aliphatic carbocycles. The van der Waals surface area contributed by atoms with E-state index < -0.39 is 23.2 Å². The molecule has 0 spiro atoms. The summed E-state index contributed by atoms with van der Waals surface area (Å²) in [7, 11) is 0. The molecule has 5 nitrogen and oxygen atoms in total. The second kappa shape index (κ2) is 7.50. The second-order valence-corrected chi connectivity index (χ2v) is 8.08. The minimum atomic E-state index is -4.48. The molecule has 29 heavy (non-hydrogen) atoms. The number of ketones is 1. The van der Waals surface area contributed by atoms with Crippen LogP contribution in [0.1, 0.15) is 47.4 Å². The van der Waals surface area contributed by atoms with Crippen molar-refractivity contribution in [1.82, 2.24) is 10.3 Å². The van der Waals surface area contributed by atoms with Crippen LogP contribution in [0.25, 0.3) is 0 Å². The van der Waals surface area contributed by atoms with Gasteiger partial charge in [-0.2, -0.15) is 13.2 Å². The first-order valence-corrected chi connectivity index (χ1v) is 9.28. The zero-order chi connectivity index (χ0) is 21.6. The van der Waals surface area contributed by atoms with E-state index in [1.807, 2.05) is 13.8 Å². The Morgan fingerprint density at radius 3 is 2.55 bits per heavy atom. The van der Waals surface area contributed by atoms with E-state index in [2.05, 4.69) is 15.6 Å². The van der Waals surface area contributed by atoms with Crippen LogP contribution >= 0.6 is 23.2 Å². The summed E-state index contributed by atoms with van der Waals surface area (Å²) in [5, 5.41) is 5.31. The molecule has 1 aromatic heterocycles. The zero-order valence-corrected chi connectivity index (χ0v) is 16.9. The van der Waals surface area contributed by atoms with E-state index in [1.54, 1.807) is 0 Å². The number of benzene rings is 1. The number of anilines is 1. The van der Waals surface area contributed by atoms with E-state index in [4.69, 9.17) is 23.2 Å². The fourth-order valence-electron chi connectivity index (χ4n) is 3.23. The summed E-state index contributed by atoms with van der Waals surface area (Å²) in [5.41, 5.74) is 0.0852. The predicted molar refractivity (Wildman–Crippen MR) is 104 cm³/mol. The average Bonchev–Trinajstić information content (AvgIpc) is 2.84. The Kier molecular flexibility index (Phi) is 5.53. The van der Waals surface area contributed by atoms with Crippen molar-refractivity contribution in [2.45, 2.75) is 38.4 Å². The molecule has 0 saturated heterocycles. The largest absolute Gasteiger partial charge is 0.417 e. The van der Waals surface area contributed by atoms with E-state index in [9.17, 15) is 22.8 Å². The van der Waals surface area contributed by atoms with E-state index in [0.29, 0.717) is 17.3 Å². The van der Waals surface area contributed by atoms with Gasteiger partial charge in [-0.1, -0.05) is 37.0 Å². The Balaban J connectivity index is 1.73. The smallest absolute Gasteiger partial charge is 0.332 e. The molecule has 10 heteroatoms. The molecule has 0 fully saturated rings. The highest BCUT2D eigenvalue weighted by molar-refractivity contribution is 6.41. The van der Waals surface area contributed by atoms with Gasteiger partial charge in [0.25, 0.3) is 0 Å². The number of halogens is 5. The number of carbonyl (C=O) groups excluding carboxylic acids is 2. The number of urea groups is 1. The molecule has 3 rings (SSSR count). The summed E-state index contributed by atoms with van der Waals surface area (Å²) in [6.45, 7) is 3.64. The van der Waals surface area contributed by atoms with Gasteiger partial charge in [-0.05, 0) is 29.2 Å². The summed E-state index contributed by atoms with van der Waals surface area (Å²) in [4.78, 5) is 28.1. The lowest BCUT2D eigenvalue weighted by Gasteiger charge is -2.21. The summed E-state index contributed by atoms with van der Waals surface area (Å²) in [6.07, 6.45) is -3.50. The van der Waals surface area contributed by atoms with Gasteiger partial charge in [-0.25, -0.2) is 4.79 Å². The van der Waals surface area contributed by atoms with Crippen molar-refractivity contribution in [3.8, 4) is 0 Å². The van der Waals surface area contributed by atoms with Crippen LogP contribution in [0.4, 0.5) is 23.7 Å². The quantitative estimate of drug-likeness (QED) is 0.646. The molecular weight excluding hydrogens is 430 g/mol. The molecule has 0 aliphatic heterocycles. The molecule has 2 amide bonds. The van der Waals surface area contributed by atoms with Crippen molar-refractivity contribution in [1.29, 1.82) is 0 Å². The number of aromatic nitrogens is 1. The fraction of sp³-hybridized carbons (Fsp3) is 0.316. The number of fused-ring (bicyclic) bond motifs is 1. The van der Waals surface area contributed by atoms with Gasteiger partial charge in [0.2, 0.25) is 0 Å². The Morgan fingerprint density at radius 2 is 1.97 bits per heavy atom. The molecule has 0 unspecified atom stereocenters. The van der Waals surface area contributed by atoms with Crippen molar-refractivity contribution in [3.05, 3.63) is 56.8 Å². The number of hydrogen-bond acceptors (Lipinski definition) is 3. The van der Waals surface area contributed by atoms with Gasteiger partial charge in [0.15, 0.2) is 5.78 Å². The number of rotatable bonds is 3. The Morgan fingerprint density at radius 1 is 1.28 bits per heavy atom.